The van der Waals surface area contributed by atoms with Crippen LogP contribution in [-0.4, -0.2) is 73.2 Å². The molecule has 2 unspecified atom stereocenters. The Balaban J connectivity index is 1.95. The molecule has 2 aliphatic rings. The van der Waals surface area contributed by atoms with Crippen molar-refractivity contribution < 1.29 is 28.4 Å². The molecule has 2 aliphatic heterocycles. The molecule has 0 aromatic rings. The topological polar surface area (TPSA) is 139 Å². The summed E-state index contributed by atoms with van der Waals surface area (Å²) >= 11 is 0. The van der Waals surface area contributed by atoms with Gasteiger partial charge >= 0.3 is 13.1 Å². The molecule has 0 spiro atoms. The third kappa shape index (κ3) is 4.40. The van der Waals surface area contributed by atoms with E-state index in [1.807, 2.05) is 0 Å². The fraction of sp³-hybridized carbons (Fsp3) is 0.909. The summed E-state index contributed by atoms with van der Waals surface area (Å²) in [4.78, 5) is 11.3. The van der Waals surface area contributed by atoms with Gasteiger partial charge in [0.05, 0.1) is 5.92 Å². The zero-order chi connectivity index (χ0) is 16.3. The molecular formula is C11H22BN3O6S. The minimum absolute atomic E-state index is 0.0445. The Hall–Kier alpha value is -0.715. The summed E-state index contributed by atoms with van der Waals surface area (Å²) in [5.74, 6) is -2.09. The van der Waals surface area contributed by atoms with Gasteiger partial charge in [0.25, 0.3) is 10.2 Å². The highest BCUT2D eigenvalue weighted by molar-refractivity contribution is 7.87. The first-order chi connectivity index (χ1) is 10.3. The maximum atomic E-state index is 12.2. The fourth-order valence-electron chi connectivity index (χ4n) is 2.82. The van der Waals surface area contributed by atoms with E-state index >= 15 is 0 Å². The average Bonchev–Trinajstić information content (AvgIpc) is 2.79. The highest BCUT2D eigenvalue weighted by Crippen LogP contribution is 2.30. The Kier molecular flexibility index (Phi) is 5.80. The number of carboxylic acids is 1. The van der Waals surface area contributed by atoms with Crippen molar-refractivity contribution in [1.29, 1.82) is 0 Å². The second kappa shape index (κ2) is 7.24. The van der Waals surface area contributed by atoms with E-state index in [1.54, 1.807) is 0 Å². The van der Waals surface area contributed by atoms with Crippen molar-refractivity contribution in [1.82, 2.24) is 14.3 Å². The summed E-state index contributed by atoms with van der Waals surface area (Å²) in [6.45, 7) is 1.26. The first-order valence-corrected chi connectivity index (χ1v) is 8.80. The number of hydrogen-bond acceptors (Lipinski definition) is 6. The quantitative estimate of drug-likeness (QED) is 0.314. The number of nitrogens with one attached hydrogen (secondary N) is 2. The predicted molar refractivity (Wildman–Crippen MR) is 79.1 cm³/mol. The lowest BCUT2D eigenvalue weighted by Crippen LogP contribution is -2.59. The van der Waals surface area contributed by atoms with Crippen molar-refractivity contribution in [3.63, 3.8) is 0 Å². The summed E-state index contributed by atoms with van der Waals surface area (Å²) < 4.78 is 28.2. The van der Waals surface area contributed by atoms with Crippen molar-refractivity contribution >= 4 is 23.3 Å². The van der Waals surface area contributed by atoms with E-state index in [2.05, 4.69) is 10.0 Å². The minimum Gasteiger partial charge on any atom is -0.481 e. The number of hydrogen-bond donors (Lipinski definition) is 5. The summed E-state index contributed by atoms with van der Waals surface area (Å²) in [7, 11) is -5.10. The molecule has 0 aliphatic carbocycles. The summed E-state index contributed by atoms with van der Waals surface area (Å²) in [6.07, 6.45) is 1.05. The Morgan fingerprint density at radius 1 is 1.32 bits per heavy atom. The molecule has 11 heteroatoms. The van der Waals surface area contributed by atoms with Crippen LogP contribution < -0.4 is 10.0 Å². The van der Waals surface area contributed by atoms with E-state index in [0.717, 1.165) is 0 Å². The van der Waals surface area contributed by atoms with Gasteiger partial charge in [0.15, 0.2) is 0 Å². The second-order valence-corrected chi connectivity index (χ2v) is 7.61. The fourth-order valence-corrected chi connectivity index (χ4v) is 4.30. The van der Waals surface area contributed by atoms with E-state index in [0.29, 0.717) is 25.9 Å². The van der Waals surface area contributed by atoms with Crippen LogP contribution in [0.4, 0.5) is 0 Å². The molecule has 2 rings (SSSR count). The molecule has 0 radical (unpaired) electrons. The van der Waals surface area contributed by atoms with Crippen molar-refractivity contribution in [3.05, 3.63) is 0 Å². The van der Waals surface area contributed by atoms with Crippen LogP contribution in [-0.2, 0) is 15.0 Å². The Bertz CT molecular complexity index is 498. The van der Waals surface area contributed by atoms with Gasteiger partial charge in [-0.2, -0.15) is 17.4 Å². The maximum Gasteiger partial charge on any atom is 0.451 e. The smallest absolute Gasteiger partial charge is 0.451 e. The largest absolute Gasteiger partial charge is 0.481 e. The molecule has 9 nitrogen and oxygen atoms in total. The molecule has 0 saturated carbocycles. The van der Waals surface area contributed by atoms with Gasteiger partial charge < -0.3 is 20.5 Å². The normalized spacial score (nSPS) is 26.8. The number of nitrogens with zero attached hydrogens (tertiary/aromatic N) is 1. The Morgan fingerprint density at radius 2 is 2.00 bits per heavy atom. The number of carbonyl (C=O) groups is 1. The van der Waals surface area contributed by atoms with Crippen LogP contribution in [0, 0.1) is 11.8 Å². The standard InChI is InChI=1S/C11H22BN3O6S/c16-11(17)10-7-15(6-8(10)2-1-3-12(18)19)22(20,21)14-9-4-13-5-9/h8-10,13-14,18-19H,1-7H2,(H,16,17). The van der Waals surface area contributed by atoms with E-state index in [1.165, 1.54) is 4.31 Å². The summed E-state index contributed by atoms with van der Waals surface area (Å²) in [6, 6.07) is -0.142. The molecule has 0 amide bonds. The lowest BCUT2D eigenvalue weighted by Gasteiger charge is -2.29. The van der Waals surface area contributed by atoms with Crippen LogP contribution in [0.15, 0.2) is 0 Å². The van der Waals surface area contributed by atoms with Crippen LogP contribution >= 0.6 is 0 Å². The zero-order valence-electron chi connectivity index (χ0n) is 12.2. The van der Waals surface area contributed by atoms with Crippen molar-refractivity contribution in [3.8, 4) is 0 Å². The lowest BCUT2D eigenvalue weighted by molar-refractivity contribution is -0.142. The molecule has 0 aromatic heterocycles. The molecule has 2 atom stereocenters. The van der Waals surface area contributed by atoms with Crippen LogP contribution in [0.5, 0.6) is 0 Å². The number of aliphatic carboxylic acids is 1. The lowest BCUT2D eigenvalue weighted by atomic mass is 9.80. The van der Waals surface area contributed by atoms with E-state index < -0.39 is 29.2 Å². The summed E-state index contributed by atoms with van der Waals surface area (Å²) in [5.41, 5.74) is 0. The maximum absolute atomic E-state index is 12.2. The zero-order valence-corrected chi connectivity index (χ0v) is 13.0. The first kappa shape index (κ1) is 17.6. The number of carboxylic acid groups (broad SMARTS) is 1. The molecule has 0 aromatic carbocycles. The molecule has 0 bridgehead atoms. The third-order valence-electron chi connectivity index (χ3n) is 4.20. The average molecular weight is 335 g/mol. The second-order valence-electron chi connectivity index (χ2n) is 5.91. The van der Waals surface area contributed by atoms with E-state index in [4.69, 9.17) is 10.0 Å². The van der Waals surface area contributed by atoms with Crippen molar-refractivity contribution in [2.45, 2.75) is 25.2 Å². The molecule has 126 valence electrons. The summed E-state index contributed by atoms with van der Waals surface area (Å²) in [5, 5.41) is 29.9. The minimum atomic E-state index is -3.68. The van der Waals surface area contributed by atoms with Gasteiger partial charge in [0.1, 0.15) is 0 Å². The van der Waals surface area contributed by atoms with Crippen LogP contribution in [0.1, 0.15) is 12.8 Å². The molecule has 2 saturated heterocycles. The molecule has 2 fully saturated rings. The molecule has 22 heavy (non-hydrogen) atoms. The highest BCUT2D eigenvalue weighted by atomic mass is 32.2. The molecular weight excluding hydrogens is 313 g/mol. The van der Waals surface area contributed by atoms with E-state index in [9.17, 15) is 18.3 Å². The van der Waals surface area contributed by atoms with Gasteiger partial charge in [-0.3, -0.25) is 4.79 Å². The van der Waals surface area contributed by atoms with Crippen LogP contribution in [0.25, 0.3) is 0 Å². The predicted octanol–water partition coefficient (Wildman–Crippen LogP) is -2.32. The highest BCUT2D eigenvalue weighted by Gasteiger charge is 2.42. The first-order valence-electron chi connectivity index (χ1n) is 7.36. The molecule has 5 N–H and O–H groups in total. The van der Waals surface area contributed by atoms with E-state index in [-0.39, 0.29) is 31.4 Å². The van der Waals surface area contributed by atoms with Gasteiger partial charge in [-0.05, 0) is 18.7 Å². The monoisotopic (exact) mass is 335 g/mol. The van der Waals surface area contributed by atoms with Gasteiger partial charge in [-0.1, -0.05) is 6.42 Å². The van der Waals surface area contributed by atoms with Gasteiger partial charge in [0.2, 0.25) is 0 Å². The van der Waals surface area contributed by atoms with Crippen molar-refractivity contribution in [2.24, 2.45) is 11.8 Å². The van der Waals surface area contributed by atoms with Gasteiger partial charge in [-0.15, -0.1) is 0 Å². The van der Waals surface area contributed by atoms with Crippen molar-refractivity contribution in [2.75, 3.05) is 26.2 Å². The van der Waals surface area contributed by atoms with Gasteiger partial charge in [-0.25, -0.2) is 0 Å². The van der Waals surface area contributed by atoms with Crippen LogP contribution in [0.2, 0.25) is 6.32 Å². The SMILES string of the molecule is O=C(O)C1CN(S(=O)(=O)NC2CNC2)CC1CCCB(O)O. The Labute approximate surface area is 130 Å². The number of rotatable bonds is 8. The Morgan fingerprint density at radius 3 is 2.50 bits per heavy atom. The van der Waals surface area contributed by atoms with Crippen LogP contribution in [0.3, 0.4) is 0 Å². The molecule has 2 heterocycles. The third-order valence-corrected chi connectivity index (χ3v) is 5.81. The van der Waals surface area contributed by atoms with Gasteiger partial charge in [0, 0.05) is 32.2 Å².